The van der Waals surface area contributed by atoms with Crippen molar-refractivity contribution in [3.8, 4) is 23.1 Å². The van der Waals surface area contributed by atoms with Crippen LogP contribution in [0, 0.1) is 13.8 Å². The molecule has 0 saturated heterocycles. The lowest BCUT2D eigenvalue weighted by Crippen LogP contribution is -2.15. The number of fused-ring (bicyclic) bond motifs is 2. The number of ether oxygens (including phenoxy) is 3. The van der Waals surface area contributed by atoms with Crippen molar-refractivity contribution in [1.29, 1.82) is 0 Å². The van der Waals surface area contributed by atoms with Crippen molar-refractivity contribution in [1.82, 2.24) is 14.8 Å². The number of aryl methyl sites for hydroxylation is 2. The molecule has 1 N–H and O–H groups in total. The number of hydrogen-bond acceptors (Lipinski definition) is 6. The zero-order valence-electron chi connectivity index (χ0n) is 19.2. The minimum absolute atomic E-state index is 0.286. The van der Waals surface area contributed by atoms with E-state index < -0.39 is 0 Å². The van der Waals surface area contributed by atoms with E-state index in [1.807, 2.05) is 56.3 Å². The third kappa shape index (κ3) is 4.17. The largest absolute Gasteiger partial charge is 0.494 e. The molecule has 4 aromatic rings. The van der Waals surface area contributed by atoms with Gasteiger partial charge in [0, 0.05) is 17.5 Å². The van der Waals surface area contributed by atoms with Gasteiger partial charge in [-0.3, -0.25) is 4.79 Å². The highest BCUT2D eigenvalue weighted by molar-refractivity contribution is 6.01. The number of nitrogens with one attached hydrogen (secondary N) is 1. The summed E-state index contributed by atoms with van der Waals surface area (Å²) < 4.78 is 18.3. The number of carbonyl (C=O) groups excluding carboxylic acids is 1. The van der Waals surface area contributed by atoms with Gasteiger partial charge in [-0.1, -0.05) is 18.2 Å². The van der Waals surface area contributed by atoms with Crippen LogP contribution in [0.5, 0.6) is 17.2 Å². The summed E-state index contributed by atoms with van der Waals surface area (Å²) in [5, 5.41) is 8.45. The number of hydrogen-bond donors (Lipinski definition) is 1. The predicted molar refractivity (Wildman–Crippen MR) is 130 cm³/mol. The first kappa shape index (κ1) is 21.5. The van der Waals surface area contributed by atoms with Gasteiger partial charge in [0.1, 0.15) is 30.3 Å². The molecule has 172 valence electrons. The Morgan fingerprint density at radius 3 is 2.74 bits per heavy atom. The molecule has 2 aromatic carbocycles. The van der Waals surface area contributed by atoms with Crippen molar-refractivity contribution in [3.05, 3.63) is 71.4 Å². The number of para-hydroxylation sites is 1. The second kappa shape index (κ2) is 8.90. The second-order valence-corrected chi connectivity index (χ2v) is 7.96. The Hall–Kier alpha value is -4.33. The summed E-state index contributed by atoms with van der Waals surface area (Å²) in [6, 6.07) is 15.1. The van der Waals surface area contributed by atoms with E-state index in [9.17, 15) is 4.79 Å². The van der Waals surface area contributed by atoms with Crippen LogP contribution in [0.1, 0.15) is 16.8 Å². The standard InChI is InChI=1S/C26H24N4O4/c1-16-13-23(28-26-19(16)5-4-6-21(26)32-3)30-24(14-17(2)29-30)27-25(31)10-8-18-7-9-20-22(15-18)34-12-11-33-20/h4-10,13-15H,11-12H2,1-3H3,(H,27,31)/b10-8-. The van der Waals surface area contributed by atoms with Crippen LogP contribution in [-0.2, 0) is 4.79 Å². The van der Waals surface area contributed by atoms with Gasteiger partial charge in [-0.15, -0.1) is 0 Å². The minimum Gasteiger partial charge on any atom is -0.494 e. The number of anilines is 1. The number of pyridine rings is 1. The lowest BCUT2D eigenvalue weighted by atomic mass is 10.1. The fraction of sp³-hybridized carbons (Fsp3) is 0.192. The molecule has 0 aliphatic carbocycles. The number of amides is 1. The Bertz CT molecular complexity index is 1420. The summed E-state index contributed by atoms with van der Waals surface area (Å²) in [5.41, 5.74) is 3.36. The predicted octanol–water partition coefficient (Wildman–Crippen LogP) is 4.47. The van der Waals surface area contributed by atoms with Gasteiger partial charge in [0.2, 0.25) is 5.91 Å². The van der Waals surface area contributed by atoms with E-state index in [0.717, 1.165) is 27.7 Å². The van der Waals surface area contributed by atoms with E-state index in [2.05, 4.69) is 10.4 Å². The molecule has 3 heterocycles. The minimum atomic E-state index is -0.286. The molecule has 2 aromatic heterocycles. The van der Waals surface area contributed by atoms with Gasteiger partial charge >= 0.3 is 0 Å². The van der Waals surface area contributed by atoms with Crippen molar-refractivity contribution >= 4 is 28.7 Å². The molecule has 0 radical (unpaired) electrons. The molecule has 0 bridgehead atoms. The van der Waals surface area contributed by atoms with Crippen molar-refractivity contribution in [3.63, 3.8) is 0 Å². The molecule has 1 amide bonds. The Balaban J connectivity index is 1.41. The van der Waals surface area contributed by atoms with Crippen LogP contribution < -0.4 is 19.5 Å². The third-order valence-corrected chi connectivity index (χ3v) is 5.51. The molecule has 0 spiro atoms. The van der Waals surface area contributed by atoms with Crippen molar-refractivity contribution < 1.29 is 19.0 Å². The van der Waals surface area contributed by atoms with E-state index in [-0.39, 0.29) is 5.91 Å². The van der Waals surface area contributed by atoms with E-state index in [4.69, 9.17) is 19.2 Å². The number of aromatic nitrogens is 3. The summed E-state index contributed by atoms with van der Waals surface area (Å²) in [4.78, 5) is 17.5. The van der Waals surface area contributed by atoms with Gasteiger partial charge in [-0.05, 0) is 55.3 Å². The summed E-state index contributed by atoms with van der Waals surface area (Å²) in [6.07, 6.45) is 3.20. The van der Waals surface area contributed by atoms with E-state index in [1.54, 1.807) is 23.9 Å². The average molecular weight is 457 g/mol. The SMILES string of the molecule is COc1cccc2c(C)cc(-n3nc(C)cc3NC(=O)/C=C\c3ccc4c(c3)OCCO4)nc12. The normalized spacial score (nSPS) is 12.8. The second-order valence-electron chi connectivity index (χ2n) is 7.96. The summed E-state index contributed by atoms with van der Waals surface area (Å²) >= 11 is 0. The maximum Gasteiger partial charge on any atom is 0.249 e. The fourth-order valence-corrected chi connectivity index (χ4v) is 3.91. The summed E-state index contributed by atoms with van der Waals surface area (Å²) in [6.45, 7) is 4.93. The van der Waals surface area contributed by atoms with Gasteiger partial charge in [0.25, 0.3) is 0 Å². The molecular formula is C26H24N4O4. The zero-order chi connectivity index (χ0) is 23.7. The Morgan fingerprint density at radius 2 is 1.91 bits per heavy atom. The molecule has 0 fully saturated rings. The van der Waals surface area contributed by atoms with Crippen molar-refractivity contribution in [2.75, 3.05) is 25.6 Å². The molecule has 0 unspecified atom stereocenters. The first-order chi connectivity index (χ1) is 16.5. The van der Waals surface area contributed by atoms with Gasteiger partial charge < -0.3 is 19.5 Å². The fourth-order valence-electron chi connectivity index (χ4n) is 3.91. The molecule has 1 aliphatic heterocycles. The first-order valence-corrected chi connectivity index (χ1v) is 10.9. The van der Waals surface area contributed by atoms with Crippen LogP contribution in [0.2, 0.25) is 0 Å². The van der Waals surface area contributed by atoms with Crippen molar-refractivity contribution in [2.24, 2.45) is 0 Å². The van der Waals surface area contributed by atoms with Gasteiger partial charge in [-0.2, -0.15) is 9.78 Å². The smallest absolute Gasteiger partial charge is 0.249 e. The average Bonchev–Trinajstić information content (AvgIpc) is 3.22. The summed E-state index contributed by atoms with van der Waals surface area (Å²) in [7, 11) is 1.62. The molecule has 0 atom stereocenters. The lowest BCUT2D eigenvalue weighted by molar-refractivity contribution is -0.111. The molecule has 8 heteroatoms. The van der Waals surface area contributed by atoms with Gasteiger partial charge in [-0.25, -0.2) is 4.98 Å². The van der Waals surface area contributed by atoms with E-state index >= 15 is 0 Å². The number of benzene rings is 2. The van der Waals surface area contributed by atoms with Gasteiger partial charge in [0.05, 0.1) is 12.8 Å². The summed E-state index contributed by atoms with van der Waals surface area (Å²) in [5.74, 6) is 2.90. The topological polar surface area (TPSA) is 87.5 Å². The van der Waals surface area contributed by atoms with E-state index in [0.29, 0.717) is 42.1 Å². The number of carbonyl (C=O) groups is 1. The zero-order valence-corrected chi connectivity index (χ0v) is 19.2. The Labute approximate surface area is 196 Å². The van der Waals surface area contributed by atoms with Crippen LogP contribution in [0.4, 0.5) is 5.82 Å². The molecular weight excluding hydrogens is 432 g/mol. The van der Waals surface area contributed by atoms with Crippen LogP contribution >= 0.6 is 0 Å². The first-order valence-electron chi connectivity index (χ1n) is 10.9. The quantitative estimate of drug-likeness (QED) is 0.446. The molecule has 0 saturated carbocycles. The van der Waals surface area contributed by atoms with Gasteiger partial charge in [0.15, 0.2) is 17.3 Å². The third-order valence-electron chi connectivity index (χ3n) is 5.51. The van der Waals surface area contributed by atoms with Crippen LogP contribution in [0.3, 0.4) is 0 Å². The highest BCUT2D eigenvalue weighted by Crippen LogP contribution is 2.31. The molecule has 8 nitrogen and oxygen atoms in total. The van der Waals surface area contributed by atoms with E-state index in [1.165, 1.54) is 6.08 Å². The van der Waals surface area contributed by atoms with Crippen molar-refractivity contribution in [2.45, 2.75) is 13.8 Å². The van der Waals surface area contributed by atoms with Crippen LogP contribution in [-0.4, -0.2) is 41.0 Å². The Morgan fingerprint density at radius 1 is 1.09 bits per heavy atom. The monoisotopic (exact) mass is 456 g/mol. The number of methoxy groups -OCH3 is 1. The molecule has 34 heavy (non-hydrogen) atoms. The highest BCUT2D eigenvalue weighted by Gasteiger charge is 2.15. The van der Waals surface area contributed by atoms with Crippen LogP contribution in [0.25, 0.3) is 22.8 Å². The maximum absolute atomic E-state index is 12.7. The Kier molecular flexibility index (Phi) is 5.63. The molecule has 5 rings (SSSR count). The van der Waals surface area contributed by atoms with Crippen LogP contribution in [0.15, 0.2) is 54.6 Å². The number of nitrogens with zero attached hydrogens (tertiary/aromatic N) is 3. The maximum atomic E-state index is 12.7. The lowest BCUT2D eigenvalue weighted by Gasteiger charge is -2.18. The number of rotatable bonds is 5. The molecule has 1 aliphatic rings. The highest BCUT2D eigenvalue weighted by atomic mass is 16.6.